The first kappa shape index (κ1) is 25.0. The van der Waals surface area contributed by atoms with Gasteiger partial charge in [0.05, 0.1) is 17.2 Å². The summed E-state index contributed by atoms with van der Waals surface area (Å²) in [6.07, 6.45) is -10.1. The second-order valence-corrected chi connectivity index (χ2v) is 8.21. The Bertz CT molecular complexity index is 1030. The number of rotatable bonds is 5. The van der Waals surface area contributed by atoms with E-state index in [1.54, 1.807) is 0 Å². The molecule has 2 atom stereocenters. The quantitative estimate of drug-likeness (QED) is 0.534. The van der Waals surface area contributed by atoms with Gasteiger partial charge in [-0.2, -0.15) is 44.2 Å². The Balaban J connectivity index is 2.75. The van der Waals surface area contributed by atoms with Crippen molar-refractivity contribution in [3.63, 3.8) is 0 Å². The molecule has 0 fully saturated rings. The Labute approximate surface area is 170 Å². The van der Waals surface area contributed by atoms with Gasteiger partial charge in [0, 0.05) is 5.92 Å². The minimum absolute atomic E-state index is 0.493. The first-order chi connectivity index (χ1) is 14.0. The van der Waals surface area contributed by atoms with Crippen LogP contribution in [0.3, 0.4) is 0 Å². The molecule has 0 aliphatic carbocycles. The van der Waals surface area contributed by atoms with Crippen molar-refractivity contribution in [2.45, 2.75) is 36.7 Å². The second kappa shape index (κ2) is 8.34. The molecular formula is C18H14F9NO2S. The third-order valence-corrected chi connectivity index (χ3v) is 5.62. The molecule has 0 unspecified atom stereocenters. The van der Waals surface area contributed by atoms with Gasteiger partial charge < -0.3 is 0 Å². The lowest BCUT2D eigenvalue weighted by Gasteiger charge is -2.30. The highest BCUT2D eigenvalue weighted by Gasteiger charge is 2.49. The molecule has 0 heterocycles. The summed E-state index contributed by atoms with van der Waals surface area (Å²) in [7, 11) is -6.21. The van der Waals surface area contributed by atoms with E-state index in [1.807, 2.05) is 0 Å². The number of halogens is 9. The fourth-order valence-electron chi connectivity index (χ4n) is 3.03. The minimum atomic E-state index is -6.21. The number of benzene rings is 2. The average Bonchev–Trinajstić information content (AvgIpc) is 2.63. The average molecular weight is 479 g/mol. The number of alkyl halides is 9. The van der Waals surface area contributed by atoms with Crippen LogP contribution in [0.15, 0.2) is 48.5 Å². The molecule has 0 spiro atoms. The first-order valence-corrected chi connectivity index (χ1v) is 9.86. The van der Waals surface area contributed by atoms with Gasteiger partial charge in [0.25, 0.3) is 0 Å². The molecule has 2 rings (SSSR count). The molecule has 3 nitrogen and oxygen atoms in total. The second-order valence-electron chi connectivity index (χ2n) is 6.50. The molecular weight excluding hydrogens is 465 g/mol. The van der Waals surface area contributed by atoms with Crippen molar-refractivity contribution >= 4 is 10.0 Å². The van der Waals surface area contributed by atoms with Gasteiger partial charge in [0.2, 0.25) is 0 Å². The van der Waals surface area contributed by atoms with Crippen LogP contribution in [0.25, 0.3) is 0 Å². The van der Waals surface area contributed by atoms with Crippen LogP contribution in [-0.2, 0) is 22.4 Å². The zero-order valence-electron chi connectivity index (χ0n) is 15.4. The van der Waals surface area contributed by atoms with E-state index in [1.165, 1.54) is 0 Å². The molecule has 31 heavy (non-hydrogen) atoms. The normalized spacial score (nSPS) is 15.5. The van der Waals surface area contributed by atoms with Gasteiger partial charge in [-0.25, -0.2) is 8.42 Å². The first-order valence-electron chi connectivity index (χ1n) is 8.37. The molecule has 0 amide bonds. The molecule has 0 aliphatic rings. The maximum atomic E-state index is 13.4. The summed E-state index contributed by atoms with van der Waals surface area (Å²) in [6.45, 7) is 0.904. The predicted octanol–water partition coefficient (Wildman–Crippen LogP) is 6.01. The minimum Gasteiger partial charge on any atom is -0.203 e. The van der Waals surface area contributed by atoms with Crippen molar-refractivity contribution in [2.75, 3.05) is 0 Å². The zero-order chi connectivity index (χ0) is 23.8. The van der Waals surface area contributed by atoms with Crippen LogP contribution >= 0.6 is 0 Å². The van der Waals surface area contributed by atoms with Crippen LogP contribution in [0.1, 0.15) is 41.1 Å². The summed E-state index contributed by atoms with van der Waals surface area (Å²) in [5, 5.41) is 0. The van der Waals surface area contributed by atoms with Crippen LogP contribution in [0.4, 0.5) is 39.5 Å². The summed E-state index contributed by atoms with van der Waals surface area (Å²) >= 11 is 0. The van der Waals surface area contributed by atoms with Crippen LogP contribution in [0.5, 0.6) is 0 Å². The Morgan fingerprint density at radius 2 is 1.10 bits per heavy atom. The van der Waals surface area contributed by atoms with Crippen LogP contribution in [0.2, 0.25) is 0 Å². The van der Waals surface area contributed by atoms with E-state index in [4.69, 9.17) is 0 Å². The Morgan fingerprint density at radius 1 is 0.710 bits per heavy atom. The monoisotopic (exact) mass is 479 g/mol. The third-order valence-electron chi connectivity index (χ3n) is 4.44. The SMILES string of the molecule is C[C@H](c1ccccc1C(F)(F)F)[C@H](NS(=O)(=O)C(F)(F)F)c1ccccc1C(F)(F)F. The topological polar surface area (TPSA) is 46.2 Å². The van der Waals surface area contributed by atoms with Crippen LogP contribution in [0, 0.1) is 0 Å². The summed E-state index contributed by atoms with van der Waals surface area (Å²) < 4.78 is 144. The summed E-state index contributed by atoms with van der Waals surface area (Å²) in [6, 6.07) is 4.34. The smallest absolute Gasteiger partial charge is 0.203 e. The van der Waals surface area contributed by atoms with Crippen molar-refractivity contribution in [1.29, 1.82) is 0 Å². The molecule has 0 bridgehead atoms. The number of sulfonamides is 1. The fraction of sp³-hybridized carbons (Fsp3) is 0.333. The van der Waals surface area contributed by atoms with E-state index in [-0.39, 0.29) is 0 Å². The Hall–Kier alpha value is -2.28. The standard InChI is InChI=1S/C18H14F9NO2S/c1-10(11-6-2-4-8-13(11)16(19,20)21)15(28-31(29,30)18(25,26)27)12-7-3-5-9-14(12)17(22,23)24/h2-10,15,28H,1H3/t10-,15+/m1/s1. The lowest BCUT2D eigenvalue weighted by Crippen LogP contribution is -2.41. The van der Waals surface area contributed by atoms with Gasteiger partial charge in [-0.3, -0.25) is 0 Å². The van der Waals surface area contributed by atoms with E-state index in [0.29, 0.717) is 18.2 Å². The molecule has 0 aromatic heterocycles. The lowest BCUT2D eigenvalue weighted by molar-refractivity contribution is -0.139. The van der Waals surface area contributed by atoms with Gasteiger partial charge in [-0.15, -0.1) is 0 Å². The van der Waals surface area contributed by atoms with Crippen LogP contribution in [-0.4, -0.2) is 13.9 Å². The van der Waals surface area contributed by atoms with E-state index < -0.39 is 62.1 Å². The summed E-state index contributed by atoms with van der Waals surface area (Å²) in [5.74, 6) is -1.77. The van der Waals surface area contributed by atoms with E-state index in [0.717, 1.165) is 42.0 Å². The van der Waals surface area contributed by atoms with E-state index in [2.05, 4.69) is 0 Å². The highest BCUT2D eigenvalue weighted by molar-refractivity contribution is 7.90. The van der Waals surface area contributed by atoms with Gasteiger partial charge in [0.1, 0.15) is 0 Å². The van der Waals surface area contributed by atoms with Gasteiger partial charge in [-0.1, -0.05) is 43.3 Å². The molecule has 0 aliphatic heterocycles. The summed E-state index contributed by atoms with van der Waals surface area (Å²) in [4.78, 5) is 0. The zero-order valence-corrected chi connectivity index (χ0v) is 16.2. The van der Waals surface area contributed by atoms with Crippen molar-refractivity contribution in [2.24, 2.45) is 0 Å². The van der Waals surface area contributed by atoms with E-state index in [9.17, 15) is 47.9 Å². The Kier molecular flexibility index (Phi) is 6.72. The molecule has 0 radical (unpaired) electrons. The Morgan fingerprint density at radius 3 is 1.52 bits per heavy atom. The molecule has 1 N–H and O–H groups in total. The van der Waals surface area contributed by atoms with Gasteiger partial charge >= 0.3 is 27.9 Å². The third kappa shape index (κ3) is 5.50. The number of hydrogen-bond donors (Lipinski definition) is 1. The highest BCUT2D eigenvalue weighted by Crippen LogP contribution is 2.43. The van der Waals surface area contributed by atoms with Crippen molar-refractivity contribution in [1.82, 2.24) is 4.72 Å². The van der Waals surface area contributed by atoms with Crippen LogP contribution < -0.4 is 4.72 Å². The molecule has 13 heteroatoms. The largest absolute Gasteiger partial charge is 0.511 e. The number of nitrogens with one attached hydrogen (secondary N) is 1. The molecule has 2 aromatic rings. The van der Waals surface area contributed by atoms with Crippen molar-refractivity contribution < 1.29 is 47.9 Å². The predicted molar refractivity (Wildman–Crippen MR) is 92.2 cm³/mol. The molecule has 0 saturated heterocycles. The maximum Gasteiger partial charge on any atom is 0.511 e. The van der Waals surface area contributed by atoms with Gasteiger partial charge in [0.15, 0.2) is 0 Å². The van der Waals surface area contributed by atoms with Crippen molar-refractivity contribution in [3.05, 3.63) is 70.8 Å². The molecule has 2 aromatic carbocycles. The lowest BCUT2D eigenvalue weighted by atomic mass is 9.84. The van der Waals surface area contributed by atoms with Crippen molar-refractivity contribution in [3.8, 4) is 0 Å². The number of hydrogen-bond acceptors (Lipinski definition) is 2. The molecule has 0 saturated carbocycles. The highest BCUT2D eigenvalue weighted by atomic mass is 32.2. The fourth-order valence-corrected chi connectivity index (χ4v) is 3.83. The maximum absolute atomic E-state index is 13.4. The van der Waals surface area contributed by atoms with E-state index >= 15 is 0 Å². The summed E-state index contributed by atoms with van der Waals surface area (Å²) in [5.41, 5.74) is -10.3. The van der Waals surface area contributed by atoms with Gasteiger partial charge in [-0.05, 0) is 23.3 Å². The molecule has 172 valence electrons.